The summed E-state index contributed by atoms with van der Waals surface area (Å²) < 4.78 is 0. The average molecular weight is 192 g/mol. The molecule has 2 saturated carbocycles. The Morgan fingerprint density at radius 1 is 1.21 bits per heavy atom. The molecule has 0 amide bonds. The maximum atomic E-state index is 11.6. The minimum atomic E-state index is 0.183. The van der Waals surface area contributed by atoms with Gasteiger partial charge in [0, 0.05) is 18.3 Å². The monoisotopic (exact) mass is 192 g/mol. The van der Waals surface area contributed by atoms with Crippen molar-refractivity contribution in [2.45, 2.75) is 53.4 Å². The molecular weight excluding hydrogens is 172 g/mol. The maximum Gasteiger partial charge on any atom is 0.134 e. The van der Waals surface area contributed by atoms with Crippen LogP contribution in [0.4, 0.5) is 0 Å². The van der Waals surface area contributed by atoms with Crippen molar-refractivity contribution < 1.29 is 4.79 Å². The molecule has 2 atom stereocenters. The smallest absolute Gasteiger partial charge is 0.134 e. The molecule has 1 nitrogen and oxygen atoms in total. The Hall–Kier alpha value is -0.590. The standard InChI is InChI=1S/C13H20O/c1-9(2)11-5-6-12(3)7-10(14)8-13(11,12)4/h5-8H2,1-4H3/t12-,13-/m0/s1. The fraction of sp³-hybridized carbons (Fsp3) is 0.769. The van der Waals surface area contributed by atoms with Gasteiger partial charge in [-0.1, -0.05) is 25.0 Å². The van der Waals surface area contributed by atoms with Crippen molar-refractivity contribution in [2.24, 2.45) is 10.8 Å². The van der Waals surface area contributed by atoms with Crippen molar-refractivity contribution in [3.63, 3.8) is 0 Å². The second kappa shape index (κ2) is 2.71. The Morgan fingerprint density at radius 2 is 1.86 bits per heavy atom. The molecule has 0 aromatic rings. The van der Waals surface area contributed by atoms with E-state index in [4.69, 9.17) is 0 Å². The summed E-state index contributed by atoms with van der Waals surface area (Å²) in [6.45, 7) is 8.98. The van der Waals surface area contributed by atoms with E-state index in [9.17, 15) is 4.79 Å². The van der Waals surface area contributed by atoms with Crippen molar-refractivity contribution in [2.75, 3.05) is 0 Å². The summed E-state index contributed by atoms with van der Waals surface area (Å²) in [5.41, 5.74) is 3.44. The minimum absolute atomic E-state index is 0.183. The van der Waals surface area contributed by atoms with E-state index in [1.54, 1.807) is 5.57 Å². The van der Waals surface area contributed by atoms with E-state index in [1.807, 2.05) is 0 Å². The topological polar surface area (TPSA) is 17.1 Å². The van der Waals surface area contributed by atoms with Gasteiger partial charge in [-0.3, -0.25) is 4.79 Å². The highest BCUT2D eigenvalue weighted by molar-refractivity contribution is 5.84. The lowest BCUT2D eigenvalue weighted by atomic mass is 9.68. The van der Waals surface area contributed by atoms with Gasteiger partial charge in [-0.15, -0.1) is 0 Å². The fourth-order valence-corrected chi connectivity index (χ4v) is 3.61. The van der Waals surface area contributed by atoms with Gasteiger partial charge in [0.2, 0.25) is 0 Å². The van der Waals surface area contributed by atoms with Crippen molar-refractivity contribution >= 4 is 5.78 Å². The molecule has 2 fully saturated rings. The number of ketones is 1. The average Bonchev–Trinajstić information content (AvgIpc) is 2.34. The van der Waals surface area contributed by atoms with Crippen molar-refractivity contribution in [1.29, 1.82) is 0 Å². The molecule has 2 aliphatic rings. The Labute approximate surface area is 86.6 Å². The van der Waals surface area contributed by atoms with E-state index in [1.165, 1.54) is 18.4 Å². The summed E-state index contributed by atoms with van der Waals surface area (Å²) in [4.78, 5) is 11.6. The number of hydrogen-bond donors (Lipinski definition) is 0. The van der Waals surface area contributed by atoms with Crippen molar-refractivity contribution in [3.05, 3.63) is 11.1 Å². The highest BCUT2D eigenvalue weighted by atomic mass is 16.1. The van der Waals surface area contributed by atoms with Crippen LogP contribution in [-0.4, -0.2) is 5.78 Å². The van der Waals surface area contributed by atoms with Gasteiger partial charge in [-0.05, 0) is 32.1 Å². The first kappa shape index (κ1) is 9.95. The highest BCUT2D eigenvalue weighted by Gasteiger charge is 2.57. The van der Waals surface area contributed by atoms with Crippen LogP contribution in [-0.2, 0) is 4.79 Å². The summed E-state index contributed by atoms with van der Waals surface area (Å²) in [6, 6.07) is 0. The zero-order valence-electron chi connectivity index (χ0n) is 9.74. The van der Waals surface area contributed by atoms with Crippen LogP contribution in [0.15, 0.2) is 11.1 Å². The number of Topliss-reactive ketones (excluding diaryl/α,β-unsaturated/α-hetero) is 1. The zero-order valence-corrected chi connectivity index (χ0v) is 9.74. The lowest BCUT2D eigenvalue weighted by molar-refractivity contribution is -0.118. The Bertz CT molecular complexity index is 322. The van der Waals surface area contributed by atoms with Crippen LogP contribution in [0, 0.1) is 10.8 Å². The van der Waals surface area contributed by atoms with Crippen LogP contribution >= 0.6 is 0 Å². The Morgan fingerprint density at radius 3 is 2.43 bits per heavy atom. The Kier molecular flexibility index (Phi) is 1.93. The number of fused-ring (bicyclic) bond motifs is 1. The minimum Gasteiger partial charge on any atom is -0.300 e. The van der Waals surface area contributed by atoms with E-state index >= 15 is 0 Å². The molecule has 0 radical (unpaired) electrons. The largest absolute Gasteiger partial charge is 0.300 e. The predicted molar refractivity (Wildman–Crippen MR) is 58.1 cm³/mol. The second-order valence-electron chi connectivity index (χ2n) is 5.76. The molecule has 78 valence electrons. The third-order valence-electron chi connectivity index (χ3n) is 4.67. The summed E-state index contributed by atoms with van der Waals surface area (Å²) in [5, 5.41) is 0. The number of carbonyl (C=O) groups excluding carboxylic acids is 1. The summed E-state index contributed by atoms with van der Waals surface area (Å²) in [5.74, 6) is 0.466. The third-order valence-corrected chi connectivity index (χ3v) is 4.67. The highest BCUT2D eigenvalue weighted by Crippen LogP contribution is 2.64. The van der Waals surface area contributed by atoms with Gasteiger partial charge in [0.05, 0.1) is 0 Å². The van der Waals surface area contributed by atoms with Crippen molar-refractivity contribution in [3.8, 4) is 0 Å². The molecule has 0 N–H and O–H groups in total. The SMILES string of the molecule is CC(C)=C1CC[C@@]2(C)CC(=O)C[C@@]12C. The maximum absolute atomic E-state index is 11.6. The summed E-state index contributed by atoms with van der Waals surface area (Å²) in [7, 11) is 0. The molecule has 0 bridgehead atoms. The molecule has 2 aliphatic carbocycles. The van der Waals surface area contributed by atoms with Gasteiger partial charge >= 0.3 is 0 Å². The molecule has 14 heavy (non-hydrogen) atoms. The molecule has 0 aromatic heterocycles. The predicted octanol–water partition coefficient (Wildman–Crippen LogP) is 3.49. The van der Waals surface area contributed by atoms with E-state index in [0.717, 1.165) is 12.8 Å². The molecule has 0 unspecified atom stereocenters. The van der Waals surface area contributed by atoms with Gasteiger partial charge in [-0.2, -0.15) is 0 Å². The quantitative estimate of drug-likeness (QED) is 0.537. The van der Waals surface area contributed by atoms with E-state index < -0.39 is 0 Å². The van der Waals surface area contributed by atoms with Gasteiger partial charge < -0.3 is 0 Å². The lowest BCUT2D eigenvalue weighted by Crippen LogP contribution is -2.27. The van der Waals surface area contributed by atoms with Gasteiger partial charge in [0.1, 0.15) is 5.78 Å². The Balaban J connectivity index is 2.50. The number of hydrogen-bond acceptors (Lipinski definition) is 1. The molecule has 0 spiro atoms. The van der Waals surface area contributed by atoms with Gasteiger partial charge in [0.15, 0.2) is 0 Å². The van der Waals surface area contributed by atoms with Crippen LogP contribution in [0.2, 0.25) is 0 Å². The molecule has 1 heteroatoms. The molecule has 0 saturated heterocycles. The lowest BCUT2D eigenvalue weighted by Gasteiger charge is -2.35. The first-order chi connectivity index (χ1) is 6.39. The van der Waals surface area contributed by atoms with E-state index in [2.05, 4.69) is 27.7 Å². The molecule has 0 aromatic carbocycles. The van der Waals surface area contributed by atoms with Gasteiger partial charge in [0.25, 0.3) is 0 Å². The number of rotatable bonds is 0. The molecular formula is C13H20O. The summed E-state index contributed by atoms with van der Waals surface area (Å²) >= 11 is 0. The zero-order chi connectivity index (χ0) is 10.6. The van der Waals surface area contributed by atoms with Crippen molar-refractivity contribution in [1.82, 2.24) is 0 Å². The fourth-order valence-electron chi connectivity index (χ4n) is 3.61. The van der Waals surface area contributed by atoms with E-state index in [0.29, 0.717) is 5.78 Å². The van der Waals surface area contributed by atoms with Crippen LogP contribution in [0.3, 0.4) is 0 Å². The van der Waals surface area contributed by atoms with Crippen LogP contribution in [0.25, 0.3) is 0 Å². The first-order valence-electron chi connectivity index (χ1n) is 5.58. The van der Waals surface area contributed by atoms with Crippen LogP contribution < -0.4 is 0 Å². The number of allylic oxidation sites excluding steroid dienone is 2. The first-order valence-corrected chi connectivity index (χ1v) is 5.58. The molecule has 0 aliphatic heterocycles. The molecule has 2 rings (SSSR count). The normalized spacial score (nSPS) is 41.7. The van der Waals surface area contributed by atoms with Gasteiger partial charge in [-0.25, -0.2) is 0 Å². The third kappa shape index (κ3) is 1.04. The summed E-state index contributed by atoms with van der Waals surface area (Å²) in [6.07, 6.45) is 4.00. The van der Waals surface area contributed by atoms with Crippen LogP contribution in [0.5, 0.6) is 0 Å². The number of carbonyl (C=O) groups is 1. The second-order valence-corrected chi connectivity index (χ2v) is 5.76. The van der Waals surface area contributed by atoms with E-state index in [-0.39, 0.29) is 10.8 Å². The van der Waals surface area contributed by atoms with Crippen LogP contribution in [0.1, 0.15) is 53.4 Å². The molecule has 0 heterocycles.